The topological polar surface area (TPSA) is 102 Å². The molecule has 0 saturated carbocycles. The van der Waals surface area contributed by atoms with E-state index < -0.39 is 23.5 Å². The van der Waals surface area contributed by atoms with Gasteiger partial charge in [0.1, 0.15) is 0 Å². The molecule has 0 saturated heterocycles. The van der Waals surface area contributed by atoms with Crippen LogP contribution in [-0.4, -0.2) is 35.5 Å². The third-order valence-electron chi connectivity index (χ3n) is 6.45. The Morgan fingerprint density at radius 2 is 2.00 bits per heavy atom. The third-order valence-corrected chi connectivity index (χ3v) is 7.46. The van der Waals surface area contributed by atoms with Crippen LogP contribution in [0.4, 0.5) is 5.13 Å². The molecular formula is C29H28N2O6S. The van der Waals surface area contributed by atoms with Crippen molar-refractivity contribution in [1.29, 1.82) is 0 Å². The predicted molar refractivity (Wildman–Crippen MR) is 145 cm³/mol. The maximum atomic E-state index is 13.5. The predicted octanol–water partition coefficient (Wildman–Crippen LogP) is 6.56. The van der Waals surface area contributed by atoms with Crippen LogP contribution in [-0.2, 0) is 4.79 Å². The van der Waals surface area contributed by atoms with E-state index in [0.29, 0.717) is 28.8 Å². The Hall–Kier alpha value is -4.11. The lowest BCUT2D eigenvalue weighted by atomic mass is 9.95. The number of fused-ring (bicyclic) bond motifs is 1. The number of methoxy groups -OCH3 is 1. The molecule has 0 aliphatic carbocycles. The number of rotatable bonds is 10. The monoisotopic (exact) mass is 532 g/mol. The van der Waals surface area contributed by atoms with Crippen LogP contribution < -0.4 is 14.4 Å². The number of ether oxygens (including phenoxy) is 2. The minimum absolute atomic E-state index is 0.0222. The van der Waals surface area contributed by atoms with Crippen molar-refractivity contribution in [1.82, 2.24) is 4.98 Å². The quantitative estimate of drug-likeness (QED) is 0.182. The van der Waals surface area contributed by atoms with Gasteiger partial charge in [-0.2, -0.15) is 0 Å². The molecular weight excluding hydrogens is 504 g/mol. The summed E-state index contributed by atoms with van der Waals surface area (Å²) in [5.74, 6) is -0.878. The summed E-state index contributed by atoms with van der Waals surface area (Å²) in [6.45, 7) is 4.65. The standard InChI is InChI=1S/C29H28N2O6S/c1-4-5-6-13-36-20-12-10-18(16-22(20)35-3)25-24(26(32)21-8-7-14-37-21)27(33)28(34)31(25)29-30-19-11-9-17(2)15-23(19)38-29/h7-12,14-16,25,33H,4-6,13H2,1-3H3. The maximum absolute atomic E-state index is 13.5. The number of aliphatic hydroxyl groups excluding tert-OH is 1. The first-order chi connectivity index (χ1) is 18.4. The lowest BCUT2D eigenvalue weighted by Gasteiger charge is -2.25. The van der Waals surface area contributed by atoms with E-state index in [0.717, 1.165) is 35.0 Å². The Kier molecular flexibility index (Phi) is 7.20. The summed E-state index contributed by atoms with van der Waals surface area (Å²) in [5.41, 5.74) is 2.26. The smallest absolute Gasteiger partial charge is 0.296 e. The molecule has 1 N–H and O–H groups in total. The zero-order chi connectivity index (χ0) is 26.8. The summed E-state index contributed by atoms with van der Waals surface area (Å²) in [6.07, 6.45) is 4.43. The lowest BCUT2D eigenvalue weighted by molar-refractivity contribution is -0.117. The van der Waals surface area contributed by atoms with Crippen LogP contribution in [0.1, 0.15) is 53.9 Å². The number of aliphatic hydroxyl groups is 1. The molecule has 1 aliphatic rings. The fourth-order valence-electron chi connectivity index (χ4n) is 4.52. The highest BCUT2D eigenvalue weighted by atomic mass is 32.1. The van der Waals surface area contributed by atoms with Crippen molar-refractivity contribution in [2.24, 2.45) is 0 Å². The maximum Gasteiger partial charge on any atom is 0.296 e. The van der Waals surface area contributed by atoms with E-state index in [-0.39, 0.29) is 11.3 Å². The number of aryl methyl sites for hydroxylation is 1. The second-order valence-corrected chi connectivity index (χ2v) is 10.1. The van der Waals surface area contributed by atoms with Gasteiger partial charge in [0, 0.05) is 0 Å². The van der Waals surface area contributed by atoms with E-state index >= 15 is 0 Å². The summed E-state index contributed by atoms with van der Waals surface area (Å²) in [7, 11) is 1.54. The number of ketones is 1. The number of furan rings is 1. The molecule has 9 heteroatoms. The summed E-state index contributed by atoms with van der Waals surface area (Å²) in [4.78, 5) is 33.0. The number of carbonyl (C=O) groups is 2. The van der Waals surface area contributed by atoms with Gasteiger partial charge < -0.3 is 19.0 Å². The molecule has 3 heterocycles. The van der Waals surface area contributed by atoms with E-state index in [4.69, 9.17) is 13.9 Å². The zero-order valence-corrected chi connectivity index (χ0v) is 22.2. The molecule has 4 aromatic rings. The fraction of sp³-hybridized carbons (Fsp3) is 0.276. The van der Waals surface area contributed by atoms with Crippen LogP contribution >= 0.6 is 11.3 Å². The van der Waals surface area contributed by atoms with Gasteiger partial charge in [-0.1, -0.05) is 43.2 Å². The van der Waals surface area contributed by atoms with Crippen molar-refractivity contribution >= 4 is 38.4 Å². The van der Waals surface area contributed by atoms with Crippen LogP contribution in [0.25, 0.3) is 10.2 Å². The number of amides is 1. The van der Waals surface area contributed by atoms with Gasteiger partial charge in [-0.3, -0.25) is 14.5 Å². The van der Waals surface area contributed by atoms with Gasteiger partial charge in [0.2, 0.25) is 5.78 Å². The van der Waals surface area contributed by atoms with E-state index in [1.54, 1.807) is 24.3 Å². The van der Waals surface area contributed by atoms with Crippen molar-refractivity contribution in [3.63, 3.8) is 0 Å². The second kappa shape index (κ2) is 10.7. The van der Waals surface area contributed by atoms with Gasteiger partial charge in [-0.05, 0) is 60.9 Å². The van der Waals surface area contributed by atoms with Gasteiger partial charge >= 0.3 is 0 Å². The molecule has 0 spiro atoms. The Morgan fingerprint density at radius 3 is 2.74 bits per heavy atom. The number of anilines is 1. The van der Waals surface area contributed by atoms with Crippen molar-refractivity contribution in [3.05, 3.63) is 83.0 Å². The van der Waals surface area contributed by atoms with Gasteiger partial charge in [-0.15, -0.1) is 0 Å². The van der Waals surface area contributed by atoms with E-state index in [2.05, 4.69) is 11.9 Å². The molecule has 0 radical (unpaired) electrons. The van der Waals surface area contributed by atoms with E-state index in [1.807, 2.05) is 25.1 Å². The molecule has 1 atom stereocenters. The first-order valence-corrected chi connectivity index (χ1v) is 13.3. The number of benzene rings is 2. The highest BCUT2D eigenvalue weighted by Crippen LogP contribution is 2.45. The van der Waals surface area contributed by atoms with Crippen molar-refractivity contribution in [2.45, 2.75) is 39.2 Å². The van der Waals surface area contributed by atoms with Crippen LogP contribution in [0.2, 0.25) is 0 Å². The number of nitrogens with zero attached hydrogens (tertiary/aromatic N) is 2. The number of carbonyl (C=O) groups excluding carboxylic acids is 2. The largest absolute Gasteiger partial charge is 0.503 e. The first-order valence-electron chi connectivity index (χ1n) is 12.5. The third kappa shape index (κ3) is 4.65. The Labute approximate surface area is 224 Å². The number of unbranched alkanes of at least 4 members (excludes halogenated alkanes) is 2. The van der Waals surface area contributed by atoms with E-state index in [9.17, 15) is 14.7 Å². The molecule has 0 bridgehead atoms. The highest BCUT2D eigenvalue weighted by Gasteiger charge is 2.46. The normalized spacial score (nSPS) is 15.5. The minimum atomic E-state index is -0.954. The Balaban J connectivity index is 1.60. The summed E-state index contributed by atoms with van der Waals surface area (Å²) in [5, 5.41) is 11.4. The van der Waals surface area contributed by atoms with Crippen molar-refractivity contribution in [3.8, 4) is 11.5 Å². The SMILES string of the molecule is CCCCCOc1ccc(C2C(C(=O)c3ccco3)=C(O)C(=O)N2c2nc3ccc(C)cc3s2)cc1OC. The summed E-state index contributed by atoms with van der Waals surface area (Å²) < 4.78 is 17.7. The van der Waals surface area contributed by atoms with Crippen LogP contribution in [0.5, 0.6) is 11.5 Å². The molecule has 2 aromatic heterocycles. The molecule has 1 unspecified atom stereocenters. The summed E-state index contributed by atoms with van der Waals surface area (Å²) in [6, 6.07) is 13.2. The second-order valence-electron chi connectivity index (χ2n) is 9.08. The van der Waals surface area contributed by atoms with Crippen molar-refractivity contribution < 1.29 is 28.6 Å². The van der Waals surface area contributed by atoms with Crippen molar-refractivity contribution in [2.75, 3.05) is 18.6 Å². The molecule has 196 valence electrons. The summed E-state index contributed by atoms with van der Waals surface area (Å²) >= 11 is 1.32. The average Bonchev–Trinajstić information content (AvgIpc) is 3.65. The van der Waals surface area contributed by atoms with Gasteiger partial charge in [0.25, 0.3) is 5.91 Å². The lowest BCUT2D eigenvalue weighted by Crippen LogP contribution is -2.31. The number of aromatic nitrogens is 1. The average molecular weight is 533 g/mol. The van der Waals surface area contributed by atoms with Gasteiger partial charge in [-0.25, -0.2) is 4.98 Å². The molecule has 2 aromatic carbocycles. The Bertz CT molecular complexity index is 1520. The number of hydrogen-bond acceptors (Lipinski definition) is 8. The number of Topliss-reactive ketones (excluding diaryl/α,β-unsaturated/α-hetero) is 1. The number of thiazole rings is 1. The van der Waals surface area contributed by atoms with Crippen LogP contribution in [0.3, 0.4) is 0 Å². The first kappa shape index (κ1) is 25.5. The molecule has 5 rings (SSSR count). The molecule has 0 fully saturated rings. The van der Waals surface area contributed by atoms with Crippen LogP contribution in [0, 0.1) is 6.92 Å². The van der Waals surface area contributed by atoms with E-state index in [1.165, 1.54) is 35.7 Å². The molecule has 1 aliphatic heterocycles. The van der Waals surface area contributed by atoms with Gasteiger partial charge in [0.05, 0.1) is 41.8 Å². The van der Waals surface area contributed by atoms with Crippen LogP contribution in [0.15, 0.2) is 70.5 Å². The highest BCUT2D eigenvalue weighted by molar-refractivity contribution is 7.22. The zero-order valence-electron chi connectivity index (χ0n) is 21.4. The Morgan fingerprint density at radius 1 is 1.16 bits per heavy atom. The minimum Gasteiger partial charge on any atom is -0.503 e. The molecule has 38 heavy (non-hydrogen) atoms. The molecule has 1 amide bonds. The molecule has 8 nitrogen and oxygen atoms in total. The number of hydrogen-bond donors (Lipinski definition) is 1. The van der Waals surface area contributed by atoms with Gasteiger partial charge in [0.15, 0.2) is 28.1 Å². The fourth-order valence-corrected chi connectivity index (χ4v) is 5.61.